The first kappa shape index (κ1) is 14.1. The predicted octanol–water partition coefficient (Wildman–Crippen LogP) is 2.66. The maximum Gasteiger partial charge on any atom is 0.507 e. The first-order valence-corrected chi connectivity index (χ1v) is 7.34. The van der Waals surface area contributed by atoms with E-state index in [0.717, 1.165) is 6.42 Å². The van der Waals surface area contributed by atoms with Crippen LogP contribution in [0.5, 0.6) is 0 Å². The summed E-state index contributed by atoms with van der Waals surface area (Å²) in [5, 5.41) is 0. The van der Waals surface area contributed by atoms with Crippen LogP contribution in [0.25, 0.3) is 0 Å². The van der Waals surface area contributed by atoms with E-state index >= 15 is 0 Å². The van der Waals surface area contributed by atoms with Crippen LogP contribution in [-0.2, 0) is 19.7 Å². The zero-order chi connectivity index (χ0) is 12.7. The Morgan fingerprint density at radius 1 is 1.12 bits per heavy atom. The van der Waals surface area contributed by atoms with Crippen LogP contribution >= 0.6 is 0 Å². The Hall–Kier alpha value is -0.943. The summed E-state index contributed by atoms with van der Waals surface area (Å²) in [5.41, 5.74) is 1.28. The summed E-state index contributed by atoms with van der Waals surface area (Å²) >= 11 is 0. The molecule has 17 heavy (non-hydrogen) atoms. The Labute approximate surface area is 104 Å². The Bertz CT molecular complexity index is 328. The van der Waals surface area contributed by atoms with Gasteiger partial charge in [-0.15, -0.1) is 6.58 Å². The molecular weight excluding hydrogens is 232 g/mol. The second-order valence-corrected chi connectivity index (χ2v) is 6.92. The van der Waals surface area contributed by atoms with Crippen molar-refractivity contribution in [2.75, 3.05) is 21.3 Å². The molecule has 0 aromatic heterocycles. The quantitative estimate of drug-likeness (QED) is 0.551. The molecule has 0 N–H and O–H groups in total. The van der Waals surface area contributed by atoms with Gasteiger partial charge in [0.25, 0.3) is 0 Å². The summed E-state index contributed by atoms with van der Waals surface area (Å²) in [6, 6.07) is 10.2. The van der Waals surface area contributed by atoms with E-state index in [-0.39, 0.29) is 5.54 Å². The SMILES string of the molecule is C=CC(Cc1ccccc1)[Si](OC)(OC)OC. The smallest absolute Gasteiger partial charge is 0.376 e. The molecule has 0 aliphatic rings. The molecule has 4 heteroatoms. The minimum Gasteiger partial charge on any atom is -0.376 e. The summed E-state index contributed by atoms with van der Waals surface area (Å²) in [7, 11) is 2.23. The van der Waals surface area contributed by atoms with Gasteiger partial charge in [0.2, 0.25) is 0 Å². The Morgan fingerprint density at radius 2 is 1.65 bits per heavy atom. The molecule has 0 spiro atoms. The van der Waals surface area contributed by atoms with Crippen molar-refractivity contribution in [3.05, 3.63) is 48.6 Å². The Kier molecular flexibility index (Phi) is 5.57. The Balaban J connectivity index is 2.87. The molecule has 0 aliphatic carbocycles. The maximum absolute atomic E-state index is 5.48. The number of rotatable bonds is 7. The van der Waals surface area contributed by atoms with Crippen molar-refractivity contribution in [2.24, 2.45) is 0 Å². The van der Waals surface area contributed by atoms with Crippen LogP contribution in [0.3, 0.4) is 0 Å². The molecule has 1 rings (SSSR count). The topological polar surface area (TPSA) is 27.7 Å². The molecule has 0 saturated heterocycles. The summed E-state index contributed by atoms with van der Waals surface area (Å²) in [6.45, 7) is 3.86. The standard InChI is InChI=1S/C13H20O3Si/c1-5-13(17(14-2,15-3)16-4)11-12-9-7-6-8-10-12/h5-10,13H,1,11H2,2-4H3. The van der Waals surface area contributed by atoms with Crippen molar-refractivity contribution in [1.29, 1.82) is 0 Å². The van der Waals surface area contributed by atoms with E-state index in [1.807, 2.05) is 24.3 Å². The maximum atomic E-state index is 5.48. The fraction of sp³-hybridized carbons (Fsp3) is 0.385. The summed E-state index contributed by atoms with van der Waals surface area (Å²) < 4.78 is 16.5. The number of hydrogen-bond donors (Lipinski definition) is 0. The molecule has 0 saturated carbocycles. The molecule has 94 valence electrons. The number of allylic oxidation sites excluding steroid dienone is 1. The third kappa shape index (κ3) is 3.26. The van der Waals surface area contributed by atoms with Gasteiger partial charge in [-0.1, -0.05) is 36.4 Å². The molecule has 0 bridgehead atoms. The van der Waals surface area contributed by atoms with Crippen LogP contribution in [0.4, 0.5) is 0 Å². The summed E-state index contributed by atoms with van der Waals surface area (Å²) in [4.78, 5) is 0. The van der Waals surface area contributed by atoms with E-state index in [9.17, 15) is 0 Å². The first-order chi connectivity index (χ1) is 8.22. The second kappa shape index (κ2) is 6.71. The van der Waals surface area contributed by atoms with Gasteiger partial charge in [0.15, 0.2) is 0 Å². The molecule has 1 atom stereocenters. The third-order valence-electron chi connectivity index (χ3n) is 2.89. The van der Waals surface area contributed by atoms with E-state index in [2.05, 4.69) is 18.7 Å². The van der Waals surface area contributed by atoms with Gasteiger partial charge in [-0.25, -0.2) is 0 Å². The normalized spacial score (nSPS) is 13.4. The highest BCUT2D eigenvalue weighted by Gasteiger charge is 2.45. The molecule has 0 radical (unpaired) electrons. The molecule has 1 aromatic rings. The molecule has 0 amide bonds. The fourth-order valence-electron chi connectivity index (χ4n) is 1.92. The van der Waals surface area contributed by atoms with E-state index in [1.54, 1.807) is 21.3 Å². The molecule has 1 aromatic carbocycles. The van der Waals surface area contributed by atoms with Crippen LogP contribution in [0.1, 0.15) is 5.56 Å². The van der Waals surface area contributed by atoms with Gasteiger partial charge in [0, 0.05) is 21.3 Å². The van der Waals surface area contributed by atoms with Crippen LogP contribution < -0.4 is 0 Å². The van der Waals surface area contributed by atoms with Crippen molar-refractivity contribution in [3.8, 4) is 0 Å². The average molecular weight is 252 g/mol. The highest BCUT2D eigenvalue weighted by atomic mass is 28.4. The minimum atomic E-state index is -2.65. The van der Waals surface area contributed by atoms with Crippen molar-refractivity contribution >= 4 is 8.80 Å². The van der Waals surface area contributed by atoms with Gasteiger partial charge < -0.3 is 13.3 Å². The molecule has 0 aliphatic heterocycles. The van der Waals surface area contributed by atoms with Crippen LogP contribution in [0.2, 0.25) is 5.54 Å². The van der Waals surface area contributed by atoms with E-state index in [1.165, 1.54) is 5.56 Å². The van der Waals surface area contributed by atoms with Gasteiger partial charge in [-0.2, -0.15) is 0 Å². The van der Waals surface area contributed by atoms with Gasteiger partial charge in [0.05, 0.1) is 5.54 Å². The summed E-state index contributed by atoms with van der Waals surface area (Å²) in [6.07, 6.45) is 2.67. The Morgan fingerprint density at radius 3 is 2.06 bits per heavy atom. The largest absolute Gasteiger partial charge is 0.507 e. The molecule has 1 unspecified atom stereocenters. The zero-order valence-electron chi connectivity index (χ0n) is 10.7. The lowest BCUT2D eigenvalue weighted by atomic mass is 10.1. The lowest BCUT2D eigenvalue weighted by Gasteiger charge is -2.30. The molecular formula is C13H20O3Si. The van der Waals surface area contributed by atoms with Crippen LogP contribution in [0.15, 0.2) is 43.0 Å². The van der Waals surface area contributed by atoms with Crippen LogP contribution in [-0.4, -0.2) is 30.1 Å². The van der Waals surface area contributed by atoms with Crippen molar-refractivity contribution in [1.82, 2.24) is 0 Å². The molecule has 0 heterocycles. The predicted molar refractivity (Wildman–Crippen MR) is 70.9 cm³/mol. The highest BCUT2D eigenvalue weighted by molar-refractivity contribution is 6.62. The van der Waals surface area contributed by atoms with Gasteiger partial charge >= 0.3 is 8.80 Å². The van der Waals surface area contributed by atoms with Crippen molar-refractivity contribution < 1.29 is 13.3 Å². The van der Waals surface area contributed by atoms with Gasteiger partial charge in [-0.05, 0) is 12.0 Å². The minimum absolute atomic E-state index is 0.0601. The molecule has 0 fully saturated rings. The fourth-order valence-corrected chi connectivity index (χ4v) is 4.11. The van der Waals surface area contributed by atoms with Crippen LogP contribution in [0, 0.1) is 0 Å². The van der Waals surface area contributed by atoms with E-state index in [4.69, 9.17) is 13.3 Å². The first-order valence-electron chi connectivity index (χ1n) is 5.54. The lowest BCUT2D eigenvalue weighted by molar-refractivity contribution is 0.116. The third-order valence-corrected chi connectivity index (χ3v) is 5.95. The van der Waals surface area contributed by atoms with Gasteiger partial charge in [-0.3, -0.25) is 0 Å². The lowest BCUT2D eigenvalue weighted by Crippen LogP contribution is -2.47. The zero-order valence-corrected chi connectivity index (χ0v) is 11.7. The van der Waals surface area contributed by atoms with Gasteiger partial charge in [0.1, 0.15) is 0 Å². The number of benzene rings is 1. The van der Waals surface area contributed by atoms with E-state index < -0.39 is 8.80 Å². The summed E-state index contributed by atoms with van der Waals surface area (Å²) in [5.74, 6) is 0. The van der Waals surface area contributed by atoms with Crippen molar-refractivity contribution in [2.45, 2.75) is 12.0 Å². The highest BCUT2D eigenvalue weighted by Crippen LogP contribution is 2.28. The average Bonchev–Trinajstić information content (AvgIpc) is 2.41. The second-order valence-electron chi connectivity index (χ2n) is 3.75. The number of hydrogen-bond acceptors (Lipinski definition) is 3. The van der Waals surface area contributed by atoms with E-state index in [0.29, 0.717) is 0 Å². The monoisotopic (exact) mass is 252 g/mol. The van der Waals surface area contributed by atoms with Crippen molar-refractivity contribution in [3.63, 3.8) is 0 Å². The molecule has 3 nitrogen and oxygen atoms in total.